The third-order valence-corrected chi connectivity index (χ3v) is 6.16. The fourth-order valence-corrected chi connectivity index (χ4v) is 4.47. The van der Waals surface area contributed by atoms with E-state index in [9.17, 15) is 14.0 Å². The minimum atomic E-state index is -0.389. The monoisotopic (exact) mass is 422 g/mol. The van der Waals surface area contributed by atoms with E-state index < -0.39 is 0 Å². The molecule has 0 saturated carbocycles. The topological polar surface area (TPSA) is 93.4 Å². The number of urea groups is 1. The Hall–Kier alpha value is -3.46. The highest BCUT2D eigenvalue weighted by atomic mass is 19.1. The van der Waals surface area contributed by atoms with Crippen LogP contribution in [-0.2, 0) is 6.54 Å². The Bertz CT molecular complexity index is 1140. The third-order valence-electron chi connectivity index (χ3n) is 6.16. The maximum atomic E-state index is 13.1. The quantitative estimate of drug-likeness (QED) is 0.602. The number of fused-ring (bicyclic) bond motifs is 3. The van der Waals surface area contributed by atoms with Gasteiger partial charge in [-0.15, -0.1) is 0 Å². The Labute approximate surface area is 178 Å². The predicted molar refractivity (Wildman–Crippen MR) is 114 cm³/mol. The zero-order valence-corrected chi connectivity index (χ0v) is 17.1. The smallest absolute Gasteiger partial charge is 0.319 e. The summed E-state index contributed by atoms with van der Waals surface area (Å²) in [4.78, 5) is 29.6. The SMILES string of the molecule is CN1CC2CC1CN2C(=O)c1n[nH]c2ccc(NC(=O)NCc3ccc(F)cc3)cc12. The molecule has 3 amide bonds. The number of hydrogen-bond donors (Lipinski definition) is 3. The number of carbonyl (C=O) groups excluding carboxylic acids is 2. The van der Waals surface area contributed by atoms with Crippen LogP contribution in [0, 0.1) is 5.82 Å². The molecule has 0 spiro atoms. The van der Waals surface area contributed by atoms with Gasteiger partial charge in [-0.2, -0.15) is 5.10 Å². The first-order chi connectivity index (χ1) is 15.0. The molecule has 2 atom stereocenters. The number of amides is 3. The van der Waals surface area contributed by atoms with Crippen LogP contribution in [0.15, 0.2) is 42.5 Å². The van der Waals surface area contributed by atoms with E-state index in [1.54, 1.807) is 30.3 Å². The number of anilines is 1. The van der Waals surface area contributed by atoms with Gasteiger partial charge in [0.2, 0.25) is 0 Å². The van der Waals surface area contributed by atoms with Gasteiger partial charge in [0.15, 0.2) is 5.69 Å². The van der Waals surface area contributed by atoms with E-state index in [1.165, 1.54) is 12.1 Å². The number of halogens is 1. The van der Waals surface area contributed by atoms with Crippen LogP contribution in [0.4, 0.5) is 14.9 Å². The largest absolute Gasteiger partial charge is 0.334 e. The van der Waals surface area contributed by atoms with Gasteiger partial charge in [-0.3, -0.25) is 14.8 Å². The van der Waals surface area contributed by atoms with E-state index in [2.05, 4.69) is 32.8 Å². The molecule has 160 valence electrons. The number of piperazine rings is 1. The lowest BCUT2D eigenvalue weighted by Gasteiger charge is -2.31. The van der Waals surface area contributed by atoms with Crippen molar-refractivity contribution in [3.63, 3.8) is 0 Å². The highest BCUT2D eigenvalue weighted by molar-refractivity contribution is 6.06. The maximum Gasteiger partial charge on any atom is 0.319 e. The molecule has 2 aliphatic rings. The molecule has 2 aliphatic heterocycles. The molecule has 1 aromatic heterocycles. The van der Waals surface area contributed by atoms with Crippen molar-refractivity contribution in [1.29, 1.82) is 0 Å². The van der Waals surface area contributed by atoms with Gasteiger partial charge in [0.1, 0.15) is 5.82 Å². The molecule has 2 saturated heterocycles. The number of rotatable bonds is 4. The zero-order chi connectivity index (χ0) is 21.5. The van der Waals surface area contributed by atoms with Crippen LogP contribution in [0.3, 0.4) is 0 Å². The molecular weight excluding hydrogens is 399 g/mol. The summed E-state index contributed by atoms with van der Waals surface area (Å²) in [6, 6.07) is 11.5. The molecule has 2 aromatic carbocycles. The number of aromatic nitrogens is 2. The van der Waals surface area contributed by atoms with Gasteiger partial charge in [0.05, 0.1) is 5.52 Å². The zero-order valence-electron chi connectivity index (χ0n) is 17.1. The van der Waals surface area contributed by atoms with Crippen LogP contribution in [0.2, 0.25) is 0 Å². The first-order valence-corrected chi connectivity index (χ1v) is 10.3. The van der Waals surface area contributed by atoms with Gasteiger partial charge in [0, 0.05) is 42.8 Å². The third kappa shape index (κ3) is 3.72. The molecule has 2 unspecified atom stereocenters. The Kier molecular flexibility index (Phi) is 4.82. The second-order valence-corrected chi connectivity index (χ2v) is 8.21. The number of benzene rings is 2. The standard InChI is InChI=1S/C22H23FN6O2/c1-28-11-17-9-16(28)12-29(17)21(30)20-18-8-15(6-7-19(18)26-27-20)25-22(31)24-10-13-2-4-14(23)5-3-13/h2-8,16-17H,9-12H2,1H3,(H,26,27)(H2,24,25,31). The number of likely N-dealkylation sites (N-methyl/N-ethyl adjacent to an activating group) is 1. The van der Waals surface area contributed by atoms with Gasteiger partial charge in [-0.25, -0.2) is 9.18 Å². The fourth-order valence-electron chi connectivity index (χ4n) is 4.47. The van der Waals surface area contributed by atoms with Crippen LogP contribution in [0.1, 0.15) is 22.5 Å². The second-order valence-electron chi connectivity index (χ2n) is 8.21. The summed E-state index contributed by atoms with van der Waals surface area (Å²) >= 11 is 0. The lowest BCUT2D eigenvalue weighted by Crippen LogP contribution is -2.47. The molecule has 3 N–H and O–H groups in total. The molecule has 2 fully saturated rings. The number of nitrogens with zero attached hydrogens (tertiary/aromatic N) is 3. The number of carbonyl (C=O) groups is 2. The highest BCUT2D eigenvalue weighted by Gasteiger charge is 2.44. The summed E-state index contributed by atoms with van der Waals surface area (Å²) in [5.74, 6) is -0.398. The number of H-pyrrole nitrogens is 1. The number of hydrogen-bond acceptors (Lipinski definition) is 4. The normalized spacial score (nSPS) is 20.4. The minimum absolute atomic E-state index is 0.0789. The van der Waals surface area contributed by atoms with E-state index >= 15 is 0 Å². The summed E-state index contributed by atoms with van der Waals surface area (Å²) < 4.78 is 13.0. The molecule has 9 heteroatoms. The summed E-state index contributed by atoms with van der Waals surface area (Å²) in [7, 11) is 2.09. The summed E-state index contributed by atoms with van der Waals surface area (Å²) in [5, 5.41) is 13.4. The first kappa shape index (κ1) is 19.5. The molecule has 2 bridgehead atoms. The minimum Gasteiger partial charge on any atom is -0.334 e. The lowest BCUT2D eigenvalue weighted by molar-refractivity contribution is 0.0646. The average molecular weight is 422 g/mol. The van der Waals surface area contributed by atoms with Crippen LogP contribution in [0.25, 0.3) is 10.9 Å². The van der Waals surface area contributed by atoms with Crippen LogP contribution < -0.4 is 10.6 Å². The average Bonchev–Trinajstić information content (AvgIpc) is 3.46. The van der Waals surface area contributed by atoms with Crippen molar-refractivity contribution in [2.75, 3.05) is 25.5 Å². The van der Waals surface area contributed by atoms with Gasteiger partial charge in [-0.05, 0) is 49.4 Å². The van der Waals surface area contributed by atoms with Crippen LogP contribution in [-0.4, -0.2) is 64.2 Å². The van der Waals surface area contributed by atoms with Crippen molar-refractivity contribution < 1.29 is 14.0 Å². The Balaban J connectivity index is 1.28. The van der Waals surface area contributed by atoms with Crippen molar-refractivity contribution in [3.05, 3.63) is 59.5 Å². The summed E-state index contributed by atoms with van der Waals surface area (Å²) in [5.41, 5.74) is 2.46. The second kappa shape index (κ2) is 7.66. The number of aromatic amines is 1. The van der Waals surface area contributed by atoms with Crippen molar-refractivity contribution in [3.8, 4) is 0 Å². The molecular formula is C22H23FN6O2. The molecule has 0 radical (unpaired) electrons. The van der Waals surface area contributed by atoms with E-state index in [0.717, 1.165) is 30.6 Å². The molecule has 5 rings (SSSR count). The van der Waals surface area contributed by atoms with Gasteiger partial charge in [-0.1, -0.05) is 12.1 Å². The molecule has 0 aliphatic carbocycles. The van der Waals surface area contributed by atoms with Gasteiger partial charge in [0.25, 0.3) is 5.91 Å². The highest BCUT2D eigenvalue weighted by Crippen LogP contribution is 2.31. The Morgan fingerprint density at radius 1 is 1.16 bits per heavy atom. The van der Waals surface area contributed by atoms with Crippen molar-refractivity contribution in [1.82, 2.24) is 25.3 Å². The fraction of sp³-hybridized carbons (Fsp3) is 0.318. The first-order valence-electron chi connectivity index (χ1n) is 10.3. The van der Waals surface area contributed by atoms with Crippen molar-refractivity contribution in [2.24, 2.45) is 0 Å². The van der Waals surface area contributed by atoms with E-state index in [1.807, 2.05) is 4.90 Å². The maximum absolute atomic E-state index is 13.1. The van der Waals surface area contributed by atoms with Gasteiger partial charge >= 0.3 is 6.03 Å². The molecule has 31 heavy (non-hydrogen) atoms. The van der Waals surface area contributed by atoms with E-state index in [-0.39, 0.29) is 30.3 Å². The molecule has 3 aromatic rings. The van der Waals surface area contributed by atoms with Crippen LogP contribution >= 0.6 is 0 Å². The summed E-state index contributed by atoms with van der Waals surface area (Å²) in [6.45, 7) is 1.88. The Morgan fingerprint density at radius 2 is 1.97 bits per heavy atom. The van der Waals surface area contributed by atoms with Gasteiger partial charge < -0.3 is 15.5 Å². The number of nitrogens with one attached hydrogen (secondary N) is 3. The molecule has 3 heterocycles. The number of likely N-dealkylation sites (tertiary alicyclic amines) is 2. The predicted octanol–water partition coefficient (Wildman–Crippen LogP) is 2.55. The van der Waals surface area contributed by atoms with Crippen molar-refractivity contribution in [2.45, 2.75) is 25.0 Å². The lowest BCUT2D eigenvalue weighted by atomic mass is 10.1. The van der Waals surface area contributed by atoms with E-state index in [0.29, 0.717) is 22.8 Å². The summed E-state index contributed by atoms with van der Waals surface area (Å²) in [6.07, 6.45) is 1.01. The van der Waals surface area contributed by atoms with Crippen molar-refractivity contribution >= 4 is 28.5 Å². The Morgan fingerprint density at radius 3 is 2.68 bits per heavy atom. The molecule has 8 nitrogen and oxygen atoms in total. The van der Waals surface area contributed by atoms with Crippen LogP contribution in [0.5, 0.6) is 0 Å². The van der Waals surface area contributed by atoms with E-state index in [4.69, 9.17) is 0 Å².